The van der Waals surface area contributed by atoms with Gasteiger partial charge in [0.15, 0.2) is 0 Å². The predicted molar refractivity (Wildman–Crippen MR) is 79.1 cm³/mol. The molecule has 1 N–H and O–H groups in total. The summed E-state index contributed by atoms with van der Waals surface area (Å²) in [5.74, 6) is 1.43. The second kappa shape index (κ2) is 6.44. The summed E-state index contributed by atoms with van der Waals surface area (Å²) in [5, 5.41) is 9.87. The van der Waals surface area contributed by atoms with Gasteiger partial charge in [-0.05, 0) is 44.0 Å². The maximum absolute atomic E-state index is 9.87. The van der Waals surface area contributed by atoms with Gasteiger partial charge in [-0.2, -0.15) is 0 Å². The number of benzene rings is 2. The van der Waals surface area contributed by atoms with Crippen molar-refractivity contribution in [3.8, 4) is 11.5 Å². The maximum atomic E-state index is 9.87. The Kier molecular flexibility index (Phi) is 4.64. The van der Waals surface area contributed by atoms with Crippen LogP contribution in [0, 0.1) is 13.8 Å². The Morgan fingerprint density at radius 3 is 1.55 bits per heavy atom. The summed E-state index contributed by atoms with van der Waals surface area (Å²) in [6, 6.07) is 15.3. The minimum absolute atomic E-state index is 0.715. The Morgan fingerprint density at radius 2 is 1.20 bits per heavy atom. The molecule has 0 fully saturated rings. The number of ether oxygens (including phenoxy) is 2. The van der Waals surface area contributed by atoms with E-state index in [9.17, 15) is 5.11 Å². The van der Waals surface area contributed by atoms with Crippen LogP contribution in [0.25, 0.3) is 0 Å². The first kappa shape index (κ1) is 14.4. The van der Waals surface area contributed by atoms with Crippen molar-refractivity contribution in [1.29, 1.82) is 0 Å². The minimum Gasteiger partial charge on any atom is -0.452 e. The summed E-state index contributed by atoms with van der Waals surface area (Å²) in [6.07, 6.45) is -1.48. The van der Waals surface area contributed by atoms with Gasteiger partial charge in [0.2, 0.25) is 0 Å². The van der Waals surface area contributed by atoms with E-state index in [1.807, 2.05) is 62.4 Å². The molecule has 1 atom stereocenters. The lowest BCUT2D eigenvalue weighted by molar-refractivity contribution is -0.0783. The van der Waals surface area contributed by atoms with Gasteiger partial charge in [0.25, 0.3) is 6.29 Å². The molecule has 0 heterocycles. The lowest BCUT2D eigenvalue weighted by Gasteiger charge is -2.24. The quantitative estimate of drug-likeness (QED) is 0.847. The smallest absolute Gasteiger partial charge is 0.266 e. The second-order valence-corrected chi connectivity index (χ2v) is 4.88. The van der Waals surface area contributed by atoms with E-state index in [1.54, 1.807) is 6.92 Å². The molecule has 0 amide bonds. The van der Waals surface area contributed by atoms with Gasteiger partial charge in [-0.25, -0.2) is 0 Å². The summed E-state index contributed by atoms with van der Waals surface area (Å²) < 4.78 is 11.6. The minimum atomic E-state index is -0.741. The molecule has 0 bridgehead atoms. The lowest BCUT2D eigenvalue weighted by atomic mass is 10.2. The molecule has 106 valence electrons. The van der Waals surface area contributed by atoms with Crippen molar-refractivity contribution in [1.82, 2.24) is 0 Å². The molecule has 3 nitrogen and oxygen atoms in total. The van der Waals surface area contributed by atoms with Gasteiger partial charge in [-0.1, -0.05) is 36.4 Å². The molecule has 0 aliphatic carbocycles. The Bertz CT molecular complexity index is 516. The summed E-state index contributed by atoms with van der Waals surface area (Å²) in [5.41, 5.74) is 2.01. The van der Waals surface area contributed by atoms with Gasteiger partial charge in [0.1, 0.15) is 17.6 Å². The van der Waals surface area contributed by atoms with Crippen LogP contribution in [0.5, 0.6) is 11.5 Å². The average molecular weight is 272 g/mol. The molecule has 0 aliphatic heterocycles. The fourth-order valence-corrected chi connectivity index (χ4v) is 1.85. The molecular formula is C17H20O3. The highest BCUT2D eigenvalue weighted by Crippen LogP contribution is 2.23. The molecule has 2 rings (SSSR count). The molecule has 0 radical (unpaired) electrons. The summed E-state index contributed by atoms with van der Waals surface area (Å²) >= 11 is 0. The van der Waals surface area contributed by atoms with Crippen LogP contribution >= 0.6 is 0 Å². The van der Waals surface area contributed by atoms with E-state index in [2.05, 4.69) is 0 Å². The van der Waals surface area contributed by atoms with E-state index >= 15 is 0 Å². The largest absolute Gasteiger partial charge is 0.452 e. The number of hydrogen-bond donors (Lipinski definition) is 1. The number of aliphatic hydroxyl groups is 1. The van der Waals surface area contributed by atoms with Crippen LogP contribution in [0.3, 0.4) is 0 Å². The number of rotatable bonds is 5. The highest BCUT2D eigenvalue weighted by Gasteiger charge is 2.20. The zero-order valence-corrected chi connectivity index (χ0v) is 12.0. The van der Waals surface area contributed by atoms with Crippen LogP contribution in [0.15, 0.2) is 48.5 Å². The Balaban J connectivity index is 2.16. The van der Waals surface area contributed by atoms with Crippen LogP contribution in [-0.2, 0) is 0 Å². The molecule has 2 aromatic rings. The van der Waals surface area contributed by atoms with Gasteiger partial charge in [0.05, 0.1) is 0 Å². The molecule has 20 heavy (non-hydrogen) atoms. The first-order chi connectivity index (χ1) is 9.58. The lowest BCUT2D eigenvalue weighted by Crippen LogP contribution is -2.35. The standard InChI is InChI=1S/C17H20O3/c1-12-8-4-6-10-15(12)19-17(14(3)18)20-16-11-7-5-9-13(16)2/h4-11,14,17-18H,1-3H3. The number of aliphatic hydroxyl groups excluding tert-OH is 1. The van der Waals surface area contributed by atoms with Gasteiger partial charge < -0.3 is 14.6 Å². The van der Waals surface area contributed by atoms with Crippen molar-refractivity contribution >= 4 is 0 Å². The molecule has 0 aliphatic rings. The van der Waals surface area contributed by atoms with Crippen molar-refractivity contribution in [2.45, 2.75) is 33.2 Å². The van der Waals surface area contributed by atoms with Crippen LogP contribution in [-0.4, -0.2) is 17.5 Å². The average Bonchev–Trinajstić information content (AvgIpc) is 2.42. The summed E-state index contributed by atoms with van der Waals surface area (Å²) in [4.78, 5) is 0. The monoisotopic (exact) mass is 272 g/mol. The zero-order valence-electron chi connectivity index (χ0n) is 12.0. The normalized spacial score (nSPS) is 12.2. The second-order valence-electron chi connectivity index (χ2n) is 4.88. The number of para-hydroxylation sites is 2. The van der Waals surface area contributed by atoms with Gasteiger partial charge in [-0.15, -0.1) is 0 Å². The van der Waals surface area contributed by atoms with E-state index in [4.69, 9.17) is 9.47 Å². The Morgan fingerprint density at radius 1 is 0.800 bits per heavy atom. The van der Waals surface area contributed by atoms with E-state index in [-0.39, 0.29) is 0 Å². The van der Waals surface area contributed by atoms with Gasteiger partial charge in [-0.3, -0.25) is 0 Å². The fourth-order valence-electron chi connectivity index (χ4n) is 1.85. The fraction of sp³-hybridized carbons (Fsp3) is 0.294. The first-order valence-electron chi connectivity index (χ1n) is 6.70. The van der Waals surface area contributed by atoms with E-state index < -0.39 is 12.4 Å². The third kappa shape index (κ3) is 3.52. The predicted octanol–water partition coefficient (Wildman–Crippen LogP) is 3.47. The number of hydrogen-bond acceptors (Lipinski definition) is 3. The molecule has 1 unspecified atom stereocenters. The van der Waals surface area contributed by atoms with Crippen molar-refractivity contribution < 1.29 is 14.6 Å². The first-order valence-corrected chi connectivity index (χ1v) is 6.70. The van der Waals surface area contributed by atoms with E-state index in [0.717, 1.165) is 11.1 Å². The topological polar surface area (TPSA) is 38.7 Å². The SMILES string of the molecule is Cc1ccccc1OC(Oc1ccccc1C)C(C)O. The zero-order chi connectivity index (χ0) is 14.5. The molecule has 2 aromatic carbocycles. The van der Waals surface area contributed by atoms with Gasteiger partial charge in [0, 0.05) is 0 Å². The van der Waals surface area contributed by atoms with Crippen LogP contribution < -0.4 is 9.47 Å². The van der Waals surface area contributed by atoms with Crippen LogP contribution in [0.2, 0.25) is 0 Å². The number of aryl methyl sites for hydroxylation is 2. The van der Waals surface area contributed by atoms with Crippen LogP contribution in [0.4, 0.5) is 0 Å². The highest BCUT2D eigenvalue weighted by atomic mass is 16.7. The van der Waals surface area contributed by atoms with Crippen molar-refractivity contribution in [2.24, 2.45) is 0 Å². The van der Waals surface area contributed by atoms with Crippen molar-refractivity contribution in [3.63, 3.8) is 0 Å². The van der Waals surface area contributed by atoms with E-state index in [1.165, 1.54) is 0 Å². The van der Waals surface area contributed by atoms with Crippen LogP contribution in [0.1, 0.15) is 18.1 Å². The van der Waals surface area contributed by atoms with Gasteiger partial charge >= 0.3 is 0 Å². The molecule has 0 saturated carbocycles. The molecule has 3 heteroatoms. The highest BCUT2D eigenvalue weighted by molar-refractivity contribution is 5.33. The third-order valence-corrected chi connectivity index (χ3v) is 3.07. The molecule has 0 spiro atoms. The summed E-state index contributed by atoms with van der Waals surface area (Å²) in [6.45, 7) is 5.58. The van der Waals surface area contributed by atoms with Crippen molar-refractivity contribution in [3.05, 3.63) is 59.7 Å². The van der Waals surface area contributed by atoms with E-state index in [0.29, 0.717) is 11.5 Å². The van der Waals surface area contributed by atoms with Crippen molar-refractivity contribution in [2.75, 3.05) is 0 Å². The molecular weight excluding hydrogens is 252 g/mol. The molecule has 0 aromatic heterocycles. The third-order valence-electron chi connectivity index (χ3n) is 3.07. The summed E-state index contributed by atoms with van der Waals surface area (Å²) in [7, 11) is 0. The maximum Gasteiger partial charge on any atom is 0.266 e. The Hall–Kier alpha value is -2.00. The molecule has 0 saturated heterocycles. The Labute approximate surface area is 119 Å².